The highest BCUT2D eigenvalue weighted by Crippen LogP contribution is 2.43. The Labute approximate surface area is 181 Å². The largest absolute Gasteiger partial charge is 0.473 e. The zero-order chi connectivity index (χ0) is 22.7. The first-order valence-corrected chi connectivity index (χ1v) is 10.6. The molecule has 1 aromatic heterocycles. The van der Waals surface area contributed by atoms with Gasteiger partial charge in [0, 0.05) is 29.1 Å². The number of hydrogen-bond acceptors (Lipinski definition) is 11. The van der Waals surface area contributed by atoms with Crippen LogP contribution in [-0.2, 0) is 4.84 Å². The average Bonchev–Trinajstić information content (AvgIpc) is 3.11. The quantitative estimate of drug-likeness (QED) is 0.407. The molecule has 11 nitrogen and oxygen atoms in total. The summed E-state index contributed by atoms with van der Waals surface area (Å²) in [6, 6.07) is 0. The molecule has 30 heavy (non-hydrogen) atoms. The van der Waals surface area contributed by atoms with Crippen molar-refractivity contribution in [1.82, 2.24) is 19.1 Å². The molecule has 2 atom stereocenters. The summed E-state index contributed by atoms with van der Waals surface area (Å²) in [6.45, 7) is 14.2. The van der Waals surface area contributed by atoms with Crippen LogP contribution in [0.1, 0.15) is 54.9 Å². The summed E-state index contributed by atoms with van der Waals surface area (Å²) in [7, 11) is 0. The molecule has 0 radical (unpaired) electrons. The predicted molar refractivity (Wildman–Crippen MR) is 110 cm³/mol. The Hall–Kier alpha value is -1.76. The summed E-state index contributed by atoms with van der Waals surface area (Å²) in [4.78, 5) is 15.5. The van der Waals surface area contributed by atoms with Crippen molar-refractivity contribution in [3.63, 3.8) is 0 Å². The third-order valence-electron chi connectivity index (χ3n) is 5.22. The van der Waals surface area contributed by atoms with E-state index in [1.54, 1.807) is 0 Å². The maximum absolute atomic E-state index is 10.8. The van der Waals surface area contributed by atoms with Crippen LogP contribution >= 0.6 is 11.7 Å². The van der Waals surface area contributed by atoms with Crippen LogP contribution in [0, 0.1) is 16.0 Å². The Kier molecular flexibility index (Phi) is 7.49. The highest BCUT2D eigenvalue weighted by Gasteiger charge is 2.51. The van der Waals surface area contributed by atoms with Crippen LogP contribution in [-0.4, -0.2) is 66.6 Å². The van der Waals surface area contributed by atoms with Gasteiger partial charge in [-0.3, -0.25) is 0 Å². The minimum Gasteiger partial charge on any atom is -0.473 e. The number of hydroxylamine groups is 2. The van der Waals surface area contributed by atoms with E-state index in [1.807, 2.05) is 48.5 Å². The van der Waals surface area contributed by atoms with Gasteiger partial charge in [-0.05, 0) is 54.9 Å². The minimum absolute atomic E-state index is 0.0635. The lowest BCUT2D eigenvalue weighted by molar-refractivity contribution is -0.768. The highest BCUT2D eigenvalue weighted by molar-refractivity contribution is 6.99. The molecule has 2 N–H and O–H groups in total. The molecule has 1 aliphatic heterocycles. The second kappa shape index (κ2) is 9.16. The lowest BCUT2D eigenvalue weighted by Gasteiger charge is -2.35. The molecule has 1 aliphatic rings. The molecule has 0 bridgehead atoms. The molecule has 0 aliphatic carbocycles. The molecule has 0 amide bonds. The second-order valence-electron chi connectivity index (χ2n) is 9.76. The van der Waals surface area contributed by atoms with Gasteiger partial charge in [0.15, 0.2) is 6.10 Å². The third-order valence-corrected chi connectivity index (χ3v) is 5.71. The fourth-order valence-electron chi connectivity index (χ4n) is 3.52. The Bertz CT molecular complexity index is 720. The SMILES string of the molecule is CC(C)(C)NCC(COc1nsnc1OCC1CC(C)(C)N(O)C1(C)C)O[N+](=O)[O-]. The van der Waals surface area contributed by atoms with Crippen molar-refractivity contribution in [2.24, 2.45) is 5.92 Å². The van der Waals surface area contributed by atoms with Gasteiger partial charge >= 0.3 is 0 Å². The van der Waals surface area contributed by atoms with Gasteiger partial charge in [-0.15, -0.1) is 18.9 Å². The van der Waals surface area contributed by atoms with Gasteiger partial charge in [-0.25, -0.2) is 0 Å². The predicted octanol–water partition coefficient (Wildman–Crippen LogP) is 2.53. The van der Waals surface area contributed by atoms with E-state index in [0.29, 0.717) is 6.61 Å². The normalized spacial score (nSPS) is 21.9. The number of ether oxygens (including phenoxy) is 2. The molecule has 0 aromatic carbocycles. The lowest BCUT2D eigenvalue weighted by Crippen LogP contribution is -2.48. The molecular weight excluding hydrogens is 414 g/mol. The minimum atomic E-state index is -0.834. The number of nitrogens with one attached hydrogen (secondary N) is 1. The van der Waals surface area contributed by atoms with Crippen molar-refractivity contribution in [2.75, 3.05) is 19.8 Å². The first kappa shape index (κ1) is 24.5. The summed E-state index contributed by atoms with van der Waals surface area (Å²) >= 11 is 0.932. The van der Waals surface area contributed by atoms with Crippen LogP contribution in [0.5, 0.6) is 11.8 Å². The number of rotatable bonds is 10. The third kappa shape index (κ3) is 6.37. The molecule has 2 rings (SSSR count). The topological polar surface area (TPSA) is 132 Å². The zero-order valence-electron chi connectivity index (χ0n) is 18.7. The van der Waals surface area contributed by atoms with Gasteiger partial charge in [0.1, 0.15) is 6.61 Å². The number of nitrogens with zero attached hydrogens (tertiary/aromatic N) is 4. The number of hydrogen-bond donors (Lipinski definition) is 2. The monoisotopic (exact) mass is 447 g/mol. The van der Waals surface area contributed by atoms with Crippen LogP contribution in [0.2, 0.25) is 0 Å². The molecular formula is C18H33N5O6S. The Morgan fingerprint density at radius 1 is 1.30 bits per heavy atom. The molecule has 1 fully saturated rings. The standard InChI is InChI=1S/C18H33N5O6S/c1-16(2,3)19-9-13(29-23(25)26)11-28-15-14(20-30-21-15)27-10-12-8-17(4,5)22(24)18(12,6)7/h12-13,19,24H,8-11H2,1-7H3. The molecule has 1 saturated heterocycles. The molecule has 12 heteroatoms. The highest BCUT2D eigenvalue weighted by atomic mass is 32.1. The van der Waals surface area contributed by atoms with Crippen molar-refractivity contribution in [2.45, 2.75) is 77.6 Å². The van der Waals surface area contributed by atoms with E-state index in [2.05, 4.69) is 14.1 Å². The van der Waals surface area contributed by atoms with Crippen molar-refractivity contribution < 1.29 is 24.6 Å². The van der Waals surface area contributed by atoms with Gasteiger partial charge in [-0.1, -0.05) is 0 Å². The Morgan fingerprint density at radius 2 is 1.90 bits per heavy atom. The summed E-state index contributed by atoms with van der Waals surface area (Å²) in [5.41, 5.74) is -1.04. The molecule has 0 saturated carbocycles. The Morgan fingerprint density at radius 3 is 2.40 bits per heavy atom. The van der Waals surface area contributed by atoms with Gasteiger partial charge in [-0.2, -0.15) is 5.06 Å². The van der Waals surface area contributed by atoms with Gasteiger partial charge in [0.2, 0.25) is 0 Å². The van der Waals surface area contributed by atoms with Crippen molar-refractivity contribution in [1.29, 1.82) is 0 Å². The van der Waals surface area contributed by atoms with Gasteiger partial charge < -0.3 is 24.8 Å². The Balaban J connectivity index is 1.95. The fraction of sp³-hybridized carbons (Fsp3) is 0.889. The maximum Gasteiger partial charge on any atom is 0.294 e. The first-order valence-electron chi connectivity index (χ1n) is 9.86. The fourth-order valence-corrected chi connectivity index (χ4v) is 3.97. The van der Waals surface area contributed by atoms with Gasteiger partial charge in [0.05, 0.1) is 18.3 Å². The van der Waals surface area contributed by atoms with E-state index in [9.17, 15) is 15.3 Å². The van der Waals surface area contributed by atoms with Crippen LogP contribution in [0.4, 0.5) is 0 Å². The molecule has 2 heterocycles. The van der Waals surface area contributed by atoms with E-state index >= 15 is 0 Å². The van der Waals surface area contributed by atoms with Crippen molar-refractivity contribution >= 4 is 11.7 Å². The van der Waals surface area contributed by atoms with E-state index in [0.717, 1.165) is 18.1 Å². The summed E-state index contributed by atoms with van der Waals surface area (Å²) in [6.07, 6.45) is -0.0622. The molecule has 0 spiro atoms. The van der Waals surface area contributed by atoms with Crippen LogP contribution in [0.15, 0.2) is 0 Å². The van der Waals surface area contributed by atoms with Crippen LogP contribution in [0.25, 0.3) is 0 Å². The molecule has 1 aromatic rings. The van der Waals surface area contributed by atoms with Gasteiger partial charge in [0.25, 0.3) is 16.8 Å². The molecule has 172 valence electrons. The smallest absolute Gasteiger partial charge is 0.294 e. The van der Waals surface area contributed by atoms with E-state index in [-0.39, 0.29) is 41.9 Å². The summed E-state index contributed by atoms with van der Waals surface area (Å²) in [5, 5.41) is 24.9. The lowest BCUT2D eigenvalue weighted by atomic mass is 9.88. The van der Waals surface area contributed by atoms with Crippen LogP contribution < -0.4 is 14.8 Å². The van der Waals surface area contributed by atoms with E-state index in [4.69, 9.17) is 14.3 Å². The van der Waals surface area contributed by atoms with E-state index in [1.165, 1.54) is 5.06 Å². The van der Waals surface area contributed by atoms with E-state index < -0.39 is 16.7 Å². The summed E-state index contributed by atoms with van der Waals surface area (Å²) in [5.74, 6) is 0.464. The van der Waals surface area contributed by atoms with Crippen molar-refractivity contribution in [3.05, 3.63) is 10.1 Å². The summed E-state index contributed by atoms with van der Waals surface area (Å²) < 4.78 is 19.7. The zero-order valence-corrected chi connectivity index (χ0v) is 19.5. The first-order chi connectivity index (χ1) is 13.7. The molecule has 2 unspecified atom stereocenters. The maximum atomic E-state index is 10.8. The average molecular weight is 448 g/mol. The van der Waals surface area contributed by atoms with Crippen molar-refractivity contribution in [3.8, 4) is 11.8 Å². The van der Waals surface area contributed by atoms with Crippen LogP contribution in [0.3, 0.4) is 0 Å². The second-order valence-corrected chi connectivity index (χ2v) is 10.3. The number of aromatic nitrogens is 2.